The second-order valence-electron chi connectivity index (χ2n) is 4.97. The maximum absolute atomic E-state index is 10.9. The van der Waals surface area contributed by atoms with Crippen molar-refractivity contribution in [1.29, 1.82) is 0 Å². The number of benzene rings is 1. The normalized spacial score (nSPS) is 13.8. The van der Waals surface area contributed by atoms with E-state index >= 15 is 0 Å². The molecule has 0 saturated carbocycles. The number of hydrogen-bond donors (Lipinski definition) is 1. The van der Waals surface area contributed by atoms with Gasteiger partial charge in [-0.05, 0) is 31.9 Å². The second-order valence-corrected chi connectivity index (χ2v) is 4.97. The van der Waals surface area contributed by atoms with Gasteiger partial charge in [-0.15, -0.1) is 0 Å². The molecule has 1 N–H and O–H groups in total. The Morgan fingerprint density at radius 3 is 2.60 bits per heavy atom. The summed E-state index contributed by atoms with van der Waals surface area (Å²) in [4.78, 5) is 10.5. The zero-order valence-electron chi connectivity index (χ0n) is 12.7. The van der Waals surface area contributed by atoms with Gasteiger partial charge in [0.15, 0.2) is 0 Å². The standard InChI is InChI=1S/C15H24N2O3/c1-5-12(11(3)16-6-2)9-13-10-14(17(18)19)7-8-15(13)20-4/h7-8,10-12,16H,5-6,9H2,1-4H3. The van der Waals surface area contributed by atoms with Gasteiger partial charge in [0.1, 0.15) is 5.75 Å². The summed E-state index contributed by atoms with van der Waals surface area (Å²) in [7, 11) is 1.60. The van der Waals surface area contributed by atoms with E-state index in [1.54, 1.807) is 19.2 Å². The van der Waals surface area contributed by atoms with Crippen molar-refractivity contribution in [3.05, 3.63) is 33.9 Å². The van der Waals surface area contributed by atoms with Crippen LogP contribution in [0.4, 0.5) is 5.69 Å². The summed E-state index contributed by atoms with van der Waals surface area (Å²) in [6.45, 7) is 7.30. The number of rotatable bonds is 8. The number of ether oxygens (including phenoxy) is 1. The highest BCUT2D eigenvalue weighted by Crippen LogP contribution is 2.28. The van der Waals surface area contributed by atoms with E-state index in [1.165, 1.54) is 6.07 Å². The Kier molecular flexibility index (Phi) is 6.45. The monoisotopic (exact) mass is 280 g/mol. The first-order chi connectivity index (χ1) is 9.53. The fourth-order valence-corrected chi connectivity index (χ4v) is 2.48. The van der Waals surface area contributed by atoms with Crippen molar-refractivity contribution in [2.24, 2.45) is 5.92 Å². The topological polar surface area (TPSA) is 64.4 Å². The van der Waals surface area contributed by atoms with E-state index in [2.05, 4.69) is 26.1 Å². The maximum atomic E-state index is 10.9. The van der Waals surface area contributed by atoms with Crippen LogP contribution in [0, 0.1) is 16.0 Å². The maximum Gasteiger partial charge on any atom is 0.269 e. The van der Waals surface area contributed by atoms with Crippen molar-refractivity contribution in [3.63, 3.8) is 0 Å². The van der Waals surface area contributed by atoms with E-state index in [4.69, 9.17) is 4.74 Å². The van der Waals surface area contributed by atoms with E-state index < -0.39 is 0 Å². The molecule has 0 aliphatic rings. The van der Waals surface area contributed by atoms with Gasteiger partial charge >= 0.3 is 0 Å². The lowest BCUT2D eigenvalue weighted by Gasteiger charge is -2.24. The molecule has 0 aliphatic carbocycles. The first-order valence-electron chi connectivity index (χ1n) is 7.08. The lowest BCUT2D eigenvalue weighted by Crippen LogP contribution is -2.34. The Hall–Kier alpha value is -1.62. The Morgan fingerprint density at radius 2 is 2.10 bits per heavy atom. The third kappa shape index (κ3) is 4.20. The predicted molar refractivity (Wildman–Crippen MR) is 80.3 cm³/mol. The summed E-state index contributed by atoms with van der Waals surface area (Å²) in [6, 6.07) is 5.16. The van der Waals surface area contributed by atoms with Crippen molar-refractivity contribution < 1.29 is 9.66 Å². The van der Waals surface area contributed by atoms with Crippen LogP contribution in [0.1, 0.15) is 32.8 Å². The lowest BCUT2D eigenvalue weighted by molar-refractivity contribution is -0.384. The highest BCUT2D eigenvalue weighted by Gasteiger charge is 2.19. The molecule has 5 heteroatoms. The molecule has 1 aromatic carbocycles. The predicted octanol–water partition coefficient (Wildman–Crippen LogP) is 3.17. The number of methoxy groups -OCH3 is 1. The molecule has 0 aliphatic heterocycles. The number of nitro benzene ring substituents is 1. The third-order valence-corrected chi connectivity index (χ3v) is 3.71. The van der Waals surface area contributed by atoms with Crippen molar-refractivity contribution in [3.8, 4) is 5.75 Å². The first kappa shape index (κ1) is 16.4. The minimum absolute atomic E-state index is 0.117. The molecule has 1 rings (SSSR count). The number of nitro groups is 1. The summed E-state index contributed by atoms with van der Waals surface area (Å²) >= 11 is 0. The molecule has 0 fully saturated rings. The zero-order chi connectivity index (χ0) is 15.1. The molecular weight excluding hydrogens is 256 g/mol. The molecule has 0 saturated heterocycles. The van der Waals surface area contributed by atoms with Crippen LogP contribution < -0.4 is 10.1 Å². The molecule has 20 heavy (non-hydrogen) atoms. The smallest absolute Gasteiger partial charge is 0.269 e. The average molecular weight is 280 g/mol. The van der Waals surface area contributed by atoms with Gasteiger partial charge in [0.25, 0.3) is 5.69 Å². The van der Waals surface area contributed by atoms with Crippen LogP contribution in [0.2, 0.25) is 0 Å². The minimum atomic E-state index is -0.363. The Morgan fingerprint density at radius 1 is 1.40 bits per heavy atom. The third-order valence-electron chi connectivity index (χ3n) is 3.71. The lowest BCUT2D eigenvalue weighted by atomic mass is 9.90. The summed E-state index contributed by atoms with van der Waals surface area (Å²) < 4.78 is 5.32. The van der Waals surface area contributed by atoms with Gasteiger partial charge < -0.3 is 10.1 Å². The van der Waals surface area contributed by atoms with Gasteiger partial charge in [0, 0.05) is 23.7 Å². The Balaban J connectivity index is 2.98. The van der Waals surface area contributed by atoms with Crippen LogP contribution in [0.3, 0.4) is 0 Å². The first-order valence-corrected chi connectivity index (χ1v) is 7.08. The molecule has 2 atom stereocenters. The van der Waals surface area contributed by atoms with Gasteiger partial charge in [-0.1, -0.05) is 20.3 Å². The molecule has 0 radical (unpaired) electrons. The van der Waals surface area contributed by atoms with Gasteiger partial charge in [0.05, 0.1) is 12.0 Å². The SMILES string of the molecule is CCNC(C)C(CC)Cc1cc([N+](=O)[O-])ccc1OC. The quantitative estimate of drug-likeness (QED) is 0.587. The summed E-state index contributed by atoms with van der Waals surface area (Å²) in [5, 5.41) is 14.3. The fraction of sp³-hybridized carbons (Fsp3) is 0.600. The van der Waals surface area contributed by atoms with E-state index in [1.807, 2.05) is 0 Å². The van der Waals surface area contributed by atoms with Crippen LogP contribution in [0.25, 0.3) is 0 Å². The molecule has 0 heterocycles. The van der Waals surface area contributed by atoms with Crippen LogP contribution in [0.5, 0.6) is 5.75 Å². The van der Waals surface area contributed by atoms with Crippen LogP contribution in [-0.4, -0.2) is 24.6 Å². The number of hydrogen-bond acceptors (Lipinski definition) is 4. The molecule has 5 nitrogen and oxygen atoms in total. The molecule has 2 unspecified atom stereocenters. The van der Waals surface area contributed by atoms with Crippen molar-refractivity contribution in [2.45, 2.75) is 39.7 Å². The molecule has 0 bridgehead atoms. The van der Waals surface area contributed by atoms with Crippen molar-refractivity contribution in [2.75, 3.05) is 13.7 Å². The fourth-order valence-electron chi connectivity index (χ4n) is 2.48. The molecule has 0 spiro atoms. The van der Waals surface area contributed by atoms with Crippen LogP contribution in [-0.2, 0) is 6.42 Å². The molecule has 0 aromatic heterocycles. The van der Waals surface area contributed by atoms with E-state index in [-0.39, 0.29) is 10.6 Å². The Labute approximate surface area is 120 Å². The van der Waals surface area contributed by atoms with Gasteiger partial charge in [-0.25, -0.2) is 0 Å². The number of nitrogens with one attached hydrogen (secondary N) is 1. The minimum Gasteiger partial charge on any atom is -0.496 e. The van der Waals surface area contributed by atoms with E-state index in [0.717, 1.165) is 30.7 Å². The summed E-state index contributed by atoms with van der Waals surface area (Å²) in [5.41, 5.74) is 1.02. The summed E-state index contributed by atoms with van der Waals surface area (Å²) in [6.07, 6.45) is 1.79. The second kappa shape index (κ2) is 7.85. The molecule has 112 valence electrons. The van der Waals surface area contributed by atoms with Crippen molar-refractivity contribution >= 4 is 5.69 Å². The van der Waals surface area contributed by atoms with Gasteiger partial charge in [0.2, 0.25) is 0 Å². The van der Waals surface area contributed by atoms with E-state index in [9.17, 15) is 10.1 Å². The van der Waals surface area contributed by atoms with Crippen molar-refractivity contribution in [1.82, 2.24) is 5.32 Å². The largest absolute Gasteiger partial charge is 0.496 e. The van der Waals surface area contributed by atoms with Crippen LogP contribution >= 0.6 is 0 Å². The molecular formula is C15H24N2O3. The van der Waals surface area contributed by atoms with E-state index in [0.29, 0.717) is 12.0 Å². The molecule has 0 amide bonds. The number of non-ortho nitro benzene ring substituents is 1. The average Bonchev–Trinajstić information content (AvgIpc) is 2.44. The highest BCUT2D eigenvalue weighted by atomic mass is 16.6. The van der Waals surface area contributed by atoms with Crippen LogP contribution in [0.15, 0.2) is 18.2 Å². The highest BCUT2D eigenvalue weighted by molar-refractivity contribution is 5.44. The van der Waals surface area contributed by atoms with Gasteiger partial charge in [-0.2, -0.15) is 0 Å². The number of nitrogens with zero attached hydrogens (tertiary/aromatic N) is 1. The zero-order valence-corrected chi connectivity index (χ0v) is 12.7. The van der Waals surface area contributed by atoms with Gasteiger partial charge in [-0.3, -0.25) is 10.1 Å². The molecule has 1 aromatic rings. The Bertz CT molecular complexity index is 449. The summed E-state index contributed by atoms with van der Waals surface area (Å²) in [5.74, 6) is 1.14.